The van der Waals surface area contributed by atoms with Crippen LogP contribution in [-0.4, -0.2) is 10.9 Å². The van der Waals surface area contributed by atoms with E-state index in [1.54, 1.807) is 24.5 Å². The minimum atomic E-state index is -0.0949. The summed E-state index contributed by atoms with van der Waals surface area (Å²) >= 11 is 0. The number of amides is 1. The maximum atomic E-state index is 12.1. The van der Waals surface area contributed by atoms with E-state index in [0.29, 0.717) is 5.56 Å². The molecule has 1 aromatic heterocycles. The van der Waals surface area contributed by atoms with Crippen molar-refractivity contribution in [1.82, 2.24) is 4.98 Å². The normalized spacial score (nSPS) is 10.2. The average Bonchev–Trinajstić information content (AvgIpc) is 2.58. The van der Waals surface area contributed by atoms with Crippen LogP contribution in [0.5, 0.6) is 0 Å². The van der Waals surface area contributed by atoms with Crippen molar-refractivity contribution < 1.29 is 4.79 Å². The number of benzene rings is 2. The number of aromatic nitrogens is 1. The number of rotatable bonds is 4. The molecule has 0 bridgehead atoms. The molecule has 0 aliphatic heterocycles. The first-order valence-corrected chi connectivity index (χ1v) is 7.15. The van der Waals surface area contributed by atoms with Crippen LogP contribution in [0.4, 0.5) is 5.69 Å². The molecule has 1 N–H and O–H groups in total. The fourth-order valence-corrected chi connectivity index (χ4v) is 2.24. The van der Waals surface area contributed by atoms with E-state index in [0.717, 1.165) is 12.1 Å². The Labute approximate surface area is 129 Å². The topological polar surface area (TPSA) is 42.0 Å². The molecular formula is C19H16N2O. The van der Waals surface area contributed by atoms with Gasteiger partial charge in [-0.1, -0.05) is 30.3 Å². The van der Waals surface area contributed by atoms with Gasteiger partial charge in [0.15, 0.2) is 0 Å². The van der Waals surface area contributed by atoms with Crippen molar-refractivity contribution in [3.05, 3.63) is 95.8 Å². The van der Waals surface area contributed by atoms with Crippen molar-refractivity contribution in [1.29, 1.82) is 0 Å². The lowest BCUT2D eigenvalue weighted by Gasteiger charge is -2.07. The van der Waals surface area contributed by atoms with E-state index >= 15 is 0 Å². The summed E-state index contributed by atoms with van der Waals surface area (Å²) in [4.78, 5) is 16.1. The molecule has 0 fully saturated rings. The monoisotopic (exact) mass is 288 g/mol. The maximum absolute atomic E-state index is 12.1. The second-order valence-corrected chi connectivity index (χ2v) is 5.05. The minimum Gasteiger partial charge on any atom is -0.322 e. The molecule has 0 unspecified atom stereocenters. The van der Waals surface area contributed by atoms with Gasteiger partial charge in [0.05, 0.1) is 0 Å². The summed E-state index contributed by atoms with van der Waals surface area (Å²) in [5.41, 5.74) is 3.87. The number of nitrogens with one attached hydrogen (secondary N) is 1. The molecule has 3 aromatic rings. The predicted octanol–water partition coefficient (Wildman–Crippen LogP) is 3.92. The van der Waals surface area contributed by atoms with Crippen LogP contribution in [0.25, 0.3) is 0 Å². The van der Waals surface area contributed by atoms with Crippen LogP contribution in [-0.2, 0) is 6.42 Å². The molecule has 3 nitrogen and oxygen atoms in total. The first-order valence-electron chi connectivity index (χ1n) is 7.15. The van der Waals surface area contributed by atoms with Gasteiger partial charge in [0.25, 0.3) is 5.91 Å². The SMILES string of the molecule is O=C(Nc1ccc(Cc2ccncc2)cc1)c1ccccc1. The van der Waals surface area contributed by atoms with Gasteiger partial charge in [0.1, 0.15) is 0 Å². The van der Waals surface area contributed by atoms with Gasteiger partial charge in [0.2, 0.25) is 0 Å². The van der Waals surface area contributed by atoms with Crippen molar-refractivity contribution >= 4 is 11.6 Å². The first kappa shape index (κ1) is 14.0. The summed E-state index contributed by atoms with van der Waals surface area (Å²) in [6.07, 6.45) is 4.45. The Morgan fingerprint density at radius 3 is 2.14 bits per heavy atom. The Morgan fingerprint density at radius 2 is 1.45 bits per heavy atom. The third-order valence-corrected chi connectivity index (χ3v) is 3.41. The Morgan fingerprint density at radius 1 is 0.818 bits per heavy atom. The number of carbonyl (C=O) groups excluding carboxylic acids is 1. The van der Waals surface area contributed by atoms with Crippen LogP contribution in [0.1, 0.15) is 21.5 Å². The van der Waals surface area contributed by atoms with E-state index in [1.165, 1.54) is 11.1 Å². The largest absolute Gasteiger partial charge is 0.322 e. The van der Waals surface area contributed by atoms with Gasteiger partial charge >= 0.3 is 0 Å². The Kier molecular flexibility index (Phi) is 4.25. The molecule has 22 heavy (non-hydrogen) atoms. The van der Waals surface area contributed by atoms with Crippen LogP contribution in [0, 0.1) is 0 Å². The first-order chi connectivity index (χ1) is 10.8. The van der Waals surface area contributed by atoms with E-state index in [2.05, 4.69) is 10.3 Å². The number of hydrogen-bond acceptors (Lipinski definition) is 2. The van der Waals surface area contributed by atoms with E-state index in [9.17, 15) is 4.79 Å². The summed E-state index contributed by atoms with van der Waals surface area (Å²) < 4.78 is 0. The molecule has 0 aliphatic carbocycles. The van der Waals surface area contributed by atoms with Gasteiger partial charge in [-0.3, -0.25) is 9.78 Å². The van der Waals surface area contributed by atoms with Gasteiger partial charge in [-0.05, 0) is 53.9 Å². The summed E-state index contributed by atoms with van der Waals surface area (Å²) in [6, 6.07) is 21.1. The van der Waals surface area contributed by atoms with Crippen LogP contribution in [0.3, 0.4) is 0 Å². The van der Waals surface area contributed by atoms with E-state index in [1.807, 2.05) is 54.6 Å². The molecule has 1 amide bonds. The highest BCUT2D eigenvalue weighted by Crippen LogP contribution is 2.14. The number of nitrogens with zero attached hydrogens (tertiary/aromatic N) is 1. The average molecular weight is 288 g/mol. The number of pyridine rings is 1. The molecule has 2 aromatic carbocycles. The van der Waals surface area contributed by atoms with Gasteiger partial charge in [-0.2, -0.15) is 0 Å². The lowest BCUT2D eigenvalue weighted by atomic mass is 10.1. The highest BCUT2D eigenvalue weighted by Gasteiger charge is 2.05. The Balaban J connectivity index is 1.66. The van der Waals surface area contributed by atoms with E-state index in [-0.39, 0.29) is 5.91 Å². The van der Waals surface area contributed by atoms with Gasteiger partial charge < -0.3 is 5.32 Å². The summed E-state index contributed by atoms with van der Waals surface area (Å²) in [7, 11) is 0. The molecule has 0 saturated carbocycles. The third kappa shape index (κ3) is 3.58. The van der Waals surface area contributed by atoms with Crippen molar-refractivity contribution in [2.75, 3.05) is 5.32 Å². The lowest BCUT2D eigenvalue weighted by Crippen LogP contribution is -2.11. The fourth-order valence-electron chi connectivity index (χ4n) is 2.24. The van der Waals surface area contributed by atoms with Crippen LogP contribution in [0.15, 0.2) is 79.1 Å². The van der Waals surface area contributed by atoms with Crippen molar-refractivity contribution in [3.63, 3.8) is 0 Å². The minimum absolute atomic E-state index is 0.0949. The zero-order chi connectivity index (χ0) is 15.2. The van der Waals surface area contributed by atoms with Gasteiger partial charge in [-0.25, -0.2) is 0 Å². The summed E-state index contributed by atoms with van der Waals surface area (Å²) in [5.74, 6) is -0.0949. The fraction of sp³-hybridized carbons (Fsp3) is 0.0526. The Hall–Kier alpha value is -2.94. The highest BCUT2D eigenvalue weighted by molar-refractivity contribution is 6.04. The Bertz CT molecular complexity index is 737. The number of anilines is 1. The van der Waals surface area contributed by atoms with Crippen molar-refractivity contribution in [2.45, 2.75) is 6.42 Å². The van der Waals surface area contributed by atoms with Crippen LogP contribution in [0.2, 0.25) is 0 Å². The van der Waals surface area contributed by atoms with Crippen molar-refractivity contribution in [2.24, 2.45) is 0 Å². The standard InChI is InChI=1S/C19H16N2O/c22-19(17-4-2-1-3-5-17)21-18-8-6-15(7-9-18)14-16-10-12-20-13-11-16/h1-13H,14H2,(H,21,22). The molecule has 0 atom stereocenters. The highest BCUT2D eigenvalue weighted by atomic mass is 16.1. The van der Waals surface area contributed by atoms with E-state index in [4.69, 9.17) is 0 Å². The molecule has 3 rings (SSSR count). The molecule has 1 heterocycles. The third-order valence-electron chi connectivity index (χ3n) is 3.41. The van der Waals surface area contributed by atoms with Crippen molar-refractivity contribution in [3.8, 4) is 0 Å². The second-order valence-electron chi connectivity index (χ2n) is 5.05. The van der Waals surface area contributed by atoms with Crippen LogP contribution >= 0.6 is 0 Å². The summed E-state index contributed by atoms with van der Waals surface area (Å²) in [6.45, 7) is 0. The quantitative estimate of drug-likeness (QED) is 0.790. The second kappa shape index (κ2) is 6.68. The number of hydrogen-bond donors (Lipinski definition) is 1. The maximum Gasteiger partial charge on any atom is 0.255 e. The molecule has 0 spiro atoms. The van der Waals surface area contributed by atoms with Crippen LogP contribution < -0.4 is 5.32 Å². The molecule has 3 heteroatoms. The molecule has 0 radical (unpaired) electrons. The smallest absolute Gasteiger partial charge is 0.255 e. The molecule has 0 aliphatic rings. The molecule has 0 saturated heterocycles. The van der Waals surface area contributed by atoms with E-state index < -0.39 is 0 Å². The number of carbonyl (C=O) groups is 1. The zero-order valence-corrected chi connectivity index (χ0v) is 12.1. The molecule has 108 valence electrons. The van der Waals surface area contributed by atoms with Gasteiger partial charge in [-0.15, -0.1) is 0 Å². The zero-order valence-electron chi connectivity index (χ0n) is 12.1. The molecular weight excluding hydrogens is 272 g/mol. The van der Waals surface area contributed by atoms with Gasteiger partial charge in [0, 0.05) is 23.6 Å². The summed E-state index contributed by atoms with van der Waals surface area (Å²) in [5, 5.41) is 2.90. The predicted molar refractivity (Wildman–Crippen MR) is 87.9 cm³/mol. The lowest BCUT2D eigenvalue weighted by molar-refractivity contribution is 0.102.